The Balaban J connectivity index is 2.76. The third-order valence-electron chi connectivity index (χ3n) is 2.05. The van der Waals surface area contributed by atoms with E-state index in [1.54, 1.807) is 33.3 Å². The van der Waals surface area contributed by atoms with E-state index in [-0.39, 0.29) is 5.91 Å². The molecule has 0 saturated carbocycles. The lowest BCUT2D eigenvalue weighted by molar-refractivity contribution is -0.131. The maximum atomic E-state index is 11.6. The highest BCUT2D eigenvalue weighted by Gasteiger charge is 2.11. The van der Waals surface area contributed by atoms with Gasteiger partial charge in [-0.3, -0.25) is 9.48 Å². The third kappa shape index (κ3) is 3.75. The molecule has 1 amide bonds. The van der Waals surface area contributed by atoms with Crippen molar-refractivity contribution in [3.63, 3.8) is 0 Å². The molecule has 0 radical (unpaired) electrons. The first-order valence-electron chi connectivity index (χ1n) is 5.05. The van der Waals surface area contributed by atoms with Crippen LogP contribution in [0, 0.1) is 0 Å². The van der Waals surface area contributed by atoms with Gasteiger partial charge in [-0.2, -0.15) is 5.10 Å². The van der Waals surface area contributed by atoms with Crippen LogP contribution in [0.15, 0.2) is 23.9 Å². The van der Waals surface area contributed by atoms with Gasteiger partial charge in [-0.05, 0) is 18.6 Å². The number of nitrogens with zero attached hydrogens (tertiary/aromatic N) is 3. The van der Waals surface area contributed by atoms with Crippen LogP contribution in [0.4, 0.5) is 0 Å². The van der Waals surface area contributed by atoms with Crippen LogP contribution in [0.5, 0.6) is 0 Å². The first-order chi connectivity index (χ1) is 7.90. The molecule has 0 unspecified atom stereocenters. The van der Waals surface area contributed by atoms with E-state index < -0.39 is 5.97 Å². The molecule has 0 aliphatic rings. The standard InChI is InChI=1S/C11H15N3O3/c1-8(6-10(15)16)7-14-5-4-9(12-14)11(17)13(2)3/h4-6H,7H2,1-3H3,(H,15,16). The second-order valence-electron chi connectivity index (χ2n) is 3.93. The summed E-state index contributed by atoms with van der Waals surface area (Å²) in [5.74, 6) is -1.16. The molecule has 0 atom stereocenters. The quantitative estimate of drug-likeness (QED) is 0.779. The summed E-state index contributed by atoms with van der Waals surface area (Å²) in [5, 5.41) is 12.6. The minimum absolute atomic E-state index is 0.177. The number of hydrogen-bond donors (Lipinski definition) is 1. The van der Waals surface area contributed by atoms with Crippen LogP contribution < -0.4 is 0 Å². The lowest BCUT2D eigenvalue weighted by atomic mass is 10.3. The van der Waals surface area contributed by atoms with E-state index >= 15 is 0 Å². The molecule has 1 aromatic heterocycles. The van der Waals surface area contributed by atoms with Gasteiger partial charge in [-0.25, -0.2) is 4.79 Å². The highest BCUT2D eigenvalue weighted by molar-refractivity contribution is 5.91. The summed E-state index contributed by atoms with van der Waals surface area (Å²) in [5.41, 5.74) is 1.00. The van der Waals surface area contributed by atoms with Crippen molar-refractivity contribution in [1.29, 1.82) is 0 Å². The fourth-order valence-electron chi connectivity index (χ4n) is 1.30. The van der Waals surface area contributed by atoms with E-state index in [9.17, 15) is 9.59 Å². The van der Waals surface area contributed by atoms with Crippen molar-refractivity contribution < 1.29 is 14.7 Å². The van der Waals surface area contributed by atoms with Gasteiger partial charge < -0.3 is 10.0 Å². The third-order valence-corrected chi connectivity index (χ3v) is 2.05. The average Bonchev–Trinajstić information content (AvgIpc) is 2.63. The molecule has 6 heteroatoms. The number of carbonyl (C=O) groups is 2. The van der Waals surface area contributed by atoms with E-state index in [0.29, 0.717) is 17.8 Å². The zero-order valence-electron chi connectivity index (χ0n) is 10.0. The number of carboxylic acids is 1. The van der Waals surface area contributed by atoms with Crippen LogP contribution >= 0.6 is 0 Å². The molecule has 1 aromatic rings. The number of rotatable bonds is 4. The molecule has 6 nitrogen and oxygen atoms in total. The lowest BCUT2D eigenvalue weighted by Crippen LogP contribution is -2.22. The SMILES string of the molecule is CC(=CC(=O)O)Cn1ccc(C(=O)N(C)C)n1. The number of aromatic nitrogens is 2. The summed E-state index contributed by atoms with van der Waals surface area (Å²) in [7, 11) is 3.30. The maximum Gasteiger partial charge on any atom is 0.328 e. The second kappa shape index (κ2) is 5.29. The Labute approximate surface area is 99.1 Å². The van der Waals surface area contributed by atoms with Crippen LogP contribution in [-0.4, -0.2) is 45.8 Å². The Morgan fingerprint density at radius 3 is 2.71 bits per heavy atom. The Morgan fingerprint density at radius 2 is 2.18 bits per heavy atom. The van der Waals surface area contributed by atoms with Crippen LogP contribution in [0.2, 0.25) is 0 Å². The molecular weight excluding hydrogens is 222 g/mol. The monoisotopic (exact) mass is 237 g/mol. The Hall–Kier alpha value is -2.11. The summed E-state index contributed by atoms with van der Waals surface area (Å²) in [6, 6.07) is 1.61. The highest BCUT2D eigenvalue weighted by Crippen LogP contribution is 2.02. The molecule has 0 aromatic carbocycles. The van der Waals surface area contributed by atoms with Gasteiger partial charge in [0.1, 0.15) is 5.69 Å². The average molecular weight is 237 g/mol. The molecule has 1 heterocycles. The normalized spacial score (nSPS) is 11.4. The molecule has 0 bridgehead atoms. The molecule has 0 aliphatic carbocycles. The van der Waals surface area contributed by atoms with Gasteiger partial charge >= 0.3 is 5.97 Å². The van der Waals surface area contributed by atoms with Crippen molar-refractivity contribution in [3.05, 3.63) is 29.6 Å². The highest BCUT2D eigenvalue weighted by atomic mass is 16.4. The van der Waals surface area contributed by atoms with Gasteiger partial charge in [-0.15, -0.1) is 0 Å². The van der Waals surface area contributed by atoms with Gasteiger partial charge in [0, 0.05) is 26.4 Å². The molecule has 17 heavy (non-hydrogen) atoms. The Kier molecular flexibility index (Phi) is 4.03. The largest absolute Gasteiger partial charge is 0.478 e. The van der Waals surface area contributed by atoms with Crippen LogP contribution in [0.25, 0.3) is 0 Å². The summed E-state index contributed by atoms with van der Waals surface area (Å²) < 4.78 is 1.53. The van der Waals surface area contributed by atoms with Crippen molar-refractivity contribution in [2.24, 2.45) is 0 Å². The van der Waals surface area contributed by atoms with Gasteiger partial charge in [0.25, 0.3) is 5.91 Å². The first kappa shape index (κ1) is 13.0. The van der Waals surface area contributed by atoms with Crippen LogP contribution in [0.1, 0.15) is 17.4 Å². The van der Waals surface area contributed by atoms with E-state index in [1.807, 2.05) is 0 Å². The molecule has 0 saturated heterocycles. The molecule has 0 fully saturated rings. The minimum Gasteiger partial charge on any atom is -0.478 e. The Bertz CT molecular complexity index is 460. The summed E-state index contributed by atoms with van der Waals surface area (Å²) in [6.45, 7) is 2.05. The number of aliphatic carboxylic acids is 1. The topological polar surface area (TPSA) is 75.4 Å². The second-order valence-corrected chi connectivity index (χ2v) is 3.93. The number of allylic oxidation sites excluding steroid dienone is 1. The molecule has 92 valence electrons. The summed E-state index contributed by atoms with van der Waals surface area (Å²) >= 11 is 0. The fraction of sp³-hybridized carbons (Fsp3) is 0.364. The number of carboxylic acid groups (broad SMARTS) is 1. The minimum atomic E-state index is -0.987. The molecular formula is C11H15N3O3. The van der Waals surface area contributed by atoms with Gasteiger partial charge in [0.15, 0.2) is 0 Å². The predicted molar refractivity (Wildman–Crippen MR) is 61.6 cm³/mol. The molecule has 1 rings (SSSR count). The Morgan fingerprint density at radius 1 is 1.53 bits per heavy atom. The van der Waals surface area contributed by atoms with Gasteiger partial charge in [0.2, 0.25) is 0 Å². The molecule has 1 N–H and O–H groups in total. The maximum absolute atomic E-state index is 11.6. The van der Waals surface area contributed by atoms with E-state index in [1.165, 1.54) is 9.58 Å². The van der Waals surface area contributed by atoms with Gasteiger partial charge in [0.05, 0.1) is 6.54 Å². The predicted octanol–water partition coefficient (Wildman–Crippen LogP) is 0.616. The van der Waals surface area contributed by atoms with Gasteiger partial charge in [-0.1, -0.05) is 0 Å². The van der Waals surface area contributed by atoms with Crippen molar-refractivity contribution in [2.45, 2.75) is 13.5 Å². The van der Waals surface area contributed by atoms with Crippen LogP contribution in [0.3, 0.4) is 0 Å². The van der Waals surface area contributed by atoms with E-state index in [0.717, 1.165) is 6.08 Å². The van der Waals surface area contributed by atoms with Crippen molar-refractivity contribution in [3.8, 4) is 0 Å². The van der Waals surface area contributed by atoms with Crippen molar-refractivity contribution in [2.75, 3.05) is 14.1 Å². The number of amides is 1. The van der Waals surface area contributed by atoms with Crippen LogP contribution in [-0.2, 0) is 11.3 Å². The first-order valence-corrected chi connectivity index (χ1v) is 5.05. The zero-order valence-corrected chi connectivity index (χ0v) is 10.0. The molecule has 0 spiro atoms. The summed E-state index contributed by atoms with van der Waals surface area (Å²) in [6.07, 6.45) is 2.77. The number of hydrogen-bond acceptors (Lipinski definition) is 3. The van der Waals surface area contributed by atoms with Crippen molar-refractivity contribution >= 4 is 11.9 Å². The lowest BCUT2D eigenvalue weighted by Gasteiger charge is -2.07. The summed E-state index contributed by atoms with van der Waals surface area (Å²) in [4.78, 5) is 23.4. The van der Waals surface area contributed by atoms with E-state index in [4.69, 9.17) is 5.11 Å². The number of carbonyl (C=O) groups excluding carboxylic acids is 1. The van der Waals surface area contributed by atoms with Crippen molar-refractivity contribution in [1.82, 2.24) is 14.7 Å². The molecule has 0 aliphatic heterocycles. The smallest absolute Gasteiger partial charge is 0.328 e. The van der Waals surface area contributed by atoms with E-state index in [2.05, 4.69) is 5.10 Å². The zero-order chi connectivity index (χ0) is 13.0. The fourth-order valence-corrected chi connectivity index (χ4v) is 1.30.